The summed E-state index contributed by atoms with van der Waals surface area (Å²) in [6, 6.07) is -0.371. The lowest BCUT2D eigenvalue weighted by molar-refractivity contribution is 0.236. The number of rotatable bonds is 2. The molecule has 2 aromatic rings. The second kappa shape index (κ2) is 4.21. The van der Waals surface area contributed by atoms with Crippen LogP contribution in [0, 0.1) is 6.92 Å². The molecule has 0 aromatic carbocycles. The molecule has 2 heterocycles. The van der Waals surface area contributed by atoms with Gasteiger partial charge >= 0.3 is 6.03 Å². The van der Waals surface area contributed by atoms with E-state index in [4.69, 9.17) is 0 Å². The van der Waals surface area contributed by atoms with Crippen LogP contribution in [0.2, 0.25) is 0 Å². The number of hydrogen-bond acceptors (Lipinski definition) is 5. The summed E-state index contributed by atoms with van der Waals surface area (Å²) in [5, 5.41) is 15.0. The molecule has 0 N–H and O–H groups in total. The first-order valence-electron chi connectivity index (χ1n) is 5.06. The average Bonchev–Trinajstić information content (AvgIpc) is 2.89. The van der Waals surface area contributed by atoms with E-state index in [0.29, 0.717) is 0 Å². The fourth-order valence-electron chi connectivity index (χ4n) is 1.42. The fourth-order valence-corrected chi connectivity index (χ4v) is 1.42. The lowest BCUT2D eigenvalue weighted by atomic mass is 10.2. The molecule has 2 aromatic heterocycles. The third-order valence-corrected chi connectivity index (χ3v) is 2.28. The third kappa shape index (κ3) is 1.71. The molecule has 0 saturated heterocycles. The van der Waals surface area contributed by atoms with Crippen molar-refractivity contribution in [3.8, 4) is 0 Å². The maximum atomic E-state index is 11.9. The second-order valence-corrected chi connectivity index (χ2v) is 3.41. The zero-order valence-corrected chi connectivity index (χ0v) is 9.16. The van der Waals surface area contributed by atoms with Gasteiger partial charge in [0.15, 0.2) is 0 Å². The van der Waals surface area contributed by atoms with Crippen LogP contribution in [-0.4, -0.2) is 36.0 Å². The summed E-state index contributed by atoms with van der Waals surface area (Å²) in [5.74, 6) is 0. The van der Waals surface area contributed by atoms with Crippen LogP contribution >= 0.6 is 0 Å². The second-order valence-electron chi connectivity index (χ2n) is 3.41. The summed E-state index contributed by atoms with van der Waals surface area (Å²) in [6.07, 6.45) is 4.70. The minimum atomic E-state index is -0.371. The van der Waals surface area contributed by atoms with Gasteiger partial charge in [-0.1, -0.05) is 23.8 Å². The van der Waals surface area contributed by atoms with Crippen molar-refractivity contribution < 1.29 is 4.79 Å². The van der Waals surface area contributed by atoms with E-state index >= 15 is 0 Å². The van der Waals surface area contributed by atoms with Crippen LogP contribution in [0.4, 0.5) is 4.79 Å². The minimum Gasteiger partial charge on any atom is -0.243 e. The predicted molar refractivity (Wildman–Crippen MR) is 55.0 cm³/mol. The van der Waals surface area contributed by atoms with Gasteiger partial charge in [0, 0.05) is 0 Å². The zero-order valence-electron chi connectivity index (χ0n) is 9.16. The standard InChI is InChI=1S/C9H12N6O/c1-3-4-8-7(2)15(13-11-8)9(16)14-6-5-10-12-14/h5-6H,3-4H2,1-2H3. The van der Waals surface area contributed by atoms with Gasteiger partial charge in [-0.3, -0.25) is 0 Å². The first-order chi connectivity index (χ1) is 7.74. The van der Waals surface area contributed by atoms with Gasteiger partial charge in [-0.25, -0.2) is 4.79 Å². The Bertz CT molecular complexity index is 486. The van der Waals surface area contributed by atoms with Gasteiger partial charge in [0.05, 0.1) is 23.8 Å². The quantitative estimate of drug-likeness (QED) is 0.742. The lowest BCUT2D eigenvalue weighted by Gasteiger charge is -2.00. The number of hydrogen-bond donors (Lipinski definition) is 0. The van der Waals surface area contributed by atoms with Crippen molar-refractivity contribution in [1.29, 1.82) is 0 Å². The summed E-state index contributed by atoms with van der Waals surface area (Å²) in [6.45, 7) is 3.87. The molecule has 2 rings (SSSR count). The highest BCUT2D eigenvalue weighted by molar-refractivity contribution is 5.77. The van der Waals surface area contributed by atoms with Crippen molar-refractivity contribution in [1.82, 2.24) is 30.0 Å². The van der Waals surface area contributed by atoms with Gasteiger partial charge in [-0.05, 0) is 13.3 Å². The third-order valence-electron chi connectivity index (χ3n) is 2.28. The number of aryl methyl sites for hydroxylation is 1. The van der Waals surface area contributed by atoms with Crippen molar-refractivity contribution in [2.24, 2.45) is 0 Å². The Morgan fingerprint density at radius 2 is 2.25 bits per heavy atom. The van der Waals surface area contributed by atoms with Gasteiger partial charge in [0.2, 0.25) is 0 Å². The largest absolute Gasteiger partial charge is 0.372 e. The Morgan fingerprint density at radius 1 is 1.44 bits per heavy atom. The van der Waals surface area contributed by atoms with E-state index in [0.717, 1.165) is 28.9 Å². The minimum absolute atomic E-state index is 0.371. The van der Waals surface area contributed by atoms with E-state index in [9.17, 15) is 4.79 Å². The highest BCUT2D eigenvalue weighted by Crippen LogP contribution is 2.06. The van der Waals surface area contributed by atoms with Crippen molar-refractivity contribution >= 4 is 6.03 Å². The molecule has 0 spiro atoms. The zero-order chi connectivity index (χ0) is 11.5. The molecule has 0 amide bonds. The van der Waals surface area contributed by atoms with Crippen molar-refractivity contribution in [2.75, 3.05) is 0 Å². The topological polar surface area (TPSA) is 78.5 Å². The monoisotopic (exact) mass is 220 g/mol. The Morgan fingerprint density at radius 3 is 2.88 bits per heavy atom. The van der Waals surface area contributed by atoms with Gasteiger partial charge in [-0.2, -0.15) is 9.36 Å². The summed E-state index contributed by atoms with van der Waals surface area (Å²) in [4.78, 5) is 11.9. The van der Waals surface area contributed by atoms with Crippen molar-refractivity contribution in [2.45, 2.75) is 26.7 Å². The van der Waals surface area contributed by atoms with E-state index in [1.54, 1.807) is 0 Å². The van der Waals surface area contributed by atoms with E-state index in [-0.39, 0.29) is 6.03 Å². The van der Waals surface area contributed by atoms with Gasteiger partial charge < -0.3 is 0 Å². The summed E-state index contributed by atoms with van der Waals surface area (Å²) in [7, 11) is 0. The van der Waals surface area contributed by atoms with Crippen LogP contribution in [-0.2, 0) is 6.42 Å². The molecule has 0 radical (unpaired) electrons. The molecule has 0 saturated carbocycles. The molecular weight excluding hydrogens is 208 g/mol. The van der Waals surface area contributed by atoms with E-state index in [1.165, 1.54) is 17.1 Å². The first kappa shape index (κ1) is 10.5. The first-order valence-corrected chi connectivity index (χ1v) is 5.06. The predicted octanol–water partition coefficient (Wildman–Crippen LogP) is 0.647. The Hall–Kier alpha value is -2.05. The molecule has 0 aliphatic rings. The van der Waals surface area contributed by atoms with Crippen LogP contribution in [0.1, 0.15) is 24.7 Å². The highest BCUT2D eigenvalue weighted by Gasteiger charge is 2.15. The Kier molecular flexibility index (Phi) is 2.76. The molecule has 16 heavy (non-hydrogen) atoms. The van der Waals surface area contributed by atoms with Gasteiger partial charge in [0.1, 0.15) is 0 Å². The van der Waals surface area contributed by atoms with E-state index in [2.05, 4.69) is 27.5 Å². The molecule has 0 fully saturated rings. The maximum absolute atomic E-state index is 11.9. The summed E-state index contributed by atoms with van der Waals surface area (Å²) in [5.41, 5.74) is 1.60. The van der Waals surface area contributed by atoms with Gasteiger partial charge in [-0.15, -0.1) is 10.2 Å². The molecule has 84 valence electrons. The Balaban J connectivity index is 2.31. The Labute approximate surface area is 92.1 Å². The maximum Gasteiger partial charge on any atom is 0.372 e. The average molecular weight is 220 g/mol. The molecule has 0 aliphatic heterocycles. The normalized spacial score (nSPS) is 10.6. The number of aromatic nitrogens is 6. The highest BCUT2D eigenvalue weighted by atomic mass is 16.2. The molecular formula is C9H12N6O. The van der Waals surface area contributed by atoms with E-state index < -0.39 is 0 Å². The molecule has 0 atom stereocenters. The number of nitrogens with zero attached hydrogens (tertiary/aromatic N) is 6. The van der Waals surface area contributed by atoms with Crippen LogP contribution < -0.4 is 0 Å². The smallest absolute Gasteiger partial charge is 0.243 e. The molecule has 0 bridgehead atoms. The molecule has 0 aliphatic carbocycles. The number of carbonyl (C=O) groups is 1. The fraction of sp³-hybridized carbons (Fsp3) is 0.444. The van der Waals surface area contributed by atoms with Crippen molar-refractivity contribution in [3.63, 3.8) is 0 Å². The molecule has 7 nitrogen and oxygen atoms in total. The van der Waals surface area contributed by atoms with Crippen LogP contribution in [0.3, 0.4) is 0 Å². The lowest BCUT2D eigenvalue weighted by Crippen LogP contribution is -2.22. The van der Waals surface area contributed by atoms with Crippen LogP contribution in [0.5, 0.6) is 0 Å². The molecule has 7 heteroatoms. The van der Waals surface area contributed by atoms with Gasteiger partial charge in [0.25, 0.3) is 0 Å². The van der Waals surface area contributed by atoms with Crippen LogP contribution in [0.15, 0.2) is 12.4 Å². The SMILES string of the molecule is CCCc1nnn(C(=O)n2ccnn2)c1C. The summed E-state index contributed by atoms with van der Waals surface area (Å²) >= 11 is 0. The van der Waals surface area contributed by atoms with Crippen LogP contribution in [0.25, 0.3) is 0 Å². The molecule has 0 unspecified atom stereocenters. The van der Waals surface area contributed by atoms with E-state index in [1.807, 2.05) is 6.92 Å². The summed E-state index contributed by atoms with van der Waals surface area (Å²) < 4.78 is 2.36. The van der Waals surface area contributed by atoms with Crippen molar-refractivity contribution in [3.05, 3.63) is 23.8 Å². The number of carbonyl (C=O) groups excluding carboxylic acids is 1.